The van der Waals surface area contributed by atoms with Gasteiger partial charge in [0.15, 0.2) is 0 Å². The number of anilines is 1. The molecule has 0 radical (unpaired) electrons. The third-order valence-corrected chi connectivity index (χ3v) is 5.89. The van der Waals surface area contributed by atoms with E-state index >= 15 is 0 Å². The number of hydrogen-bond acceptors (Lipinski definition) is 7. The Bertz CT molecular complexity index is 1030. The predicted molar refractivity (Wildman–Crippen MR) is 122 cm³/mol. The van der Waals surface area contributed by atoms with Gasteiger partial charge in [-0.2, -0.15) is 0 Å². The predicted octanol–water partition coefficient (Wildman–Crippen LogP) is 4.49. The number of fused-ring (bicyclic) bond motifs is 1. The highest BCUT2D eigenvalue weighted by molar-refractivity contribution is 7.17. The van der Waals surface area contributed by atoms with E-state index < -0.39 is 17.6 Å². The highest BCUT2D eigenvalue weighted by atomic mass is 32.1. The van der Waals surface area contributed by atoms with Gasteiger partial charge in [0.2, 0.25) is 0 Å². The lowest BCUT2D eigenvalue weighted by Gasteiger charge is -2.25. The summed E-state index contributed by atoms with van der Waals surface area (Å²) in [5.74, 6) is -0.124. The van der Waals surface area contributed by atoms with Gasteiger partial charge in [0.25, 0.3) is 0 Å². The van der Waals surface area contributed by atoms with Crippen LogP contribution in [0, 0.1) is 24.7 Å². The van der Waals surface area contributed by atoms with Crippen molar-refractivity contribution in [2.24, 2.45) is 4.99 Å². The molecule has 0 unspecified atom stereocenters. The van der Waals surface area contributed by atoms with Crippen LogP contribution in [0.5, 0.6) is 0 Å². The average molecular weight is 426 g/mol. The molecule has 0 amide bonds. The van der Waals surface area contributed by atoms with Crippen molar-refractivity contribution >= 4 is 39.7 Å². The fourth-order valence-electron chi connectivity index (χ4n) is 3.32. The molecule has 0 bridgehead atoms. The zero-order valence-electron chi connectivity index (χ0n) is 18.2. The number of aliphatic imine (C=N–C) groups is 1. The topological polar surface area (TPSA) is 102 Å². The Hall–Kier alpha value is -2.87. The Morgan fingerprint density at radius 3 is 2.60 bits per heavy atom. The number of carbonyl (C=O) groups excluding carboxylic acids is 1. The Kier molecular flexibility index (Phi) is 5.90. The summed E-state index contributed by atoms with van der Waals surface area (Å²) in [5, 5.41) is 17.9. The van der Waals surface area contributed by atoms with E-state index in [0.29, 0.717) is 5.71 Å². The first-order valence-electron chi connectivity index (χ1n) is 9.73. The standard InChI is InChI=1S/C22H27N5O2S/c1-12-13(2)30-21-18(12)19(15-8-7-9-25-11-15)26-16(20(24)27(21)14(3)23)10-17(28)29-22(4,5)6/h7-9,11,16,23-24H,10H2,1-6H3/t16-/m0/s1. The summed E-state index contributed by atoms with van der Waals surface area (Å²) in [6, 6.07) is 2.99. The lowest BCUT2D eigenvalue weighted by atomic mass is 10.0. The maximum atomic E-state index is 12.6. The first-order valence-corrected chi connectivity index (χ1v) is 10.6. The molecule has 0 saturated carbocycles. The van der Waals surface area contributed by atoms with E-state index in [1.807, 2.05) is 46.8 Å². The molecule has 1 atom stereocenters. The number of thiophene rings is 1. The lowest BCUT2D eigenvalue weighted by molar-refractivity contribution is -0.154. The molecule has 0 aromatic carbocycles. The van der Waals surface area contributed by atoms with Gasteiger partial charge in [-0.15, -0.1) is 11.3 Å². The minimum atomic E-state index is -0.769. The van der Waals surface area contributed by atoms with Crippen LogP contribution in [-0.4, -0.2) is 40.0 Å². The van der Waals surface area contributed by atoms with Crippen molar-refractivity contribution in [3.05, 3.63) is 46.1 Å². The molecule has 2 aromatic heterocycles. The highest BCUT2D eigenvalue weighted by Crippen LogP contribution is 2.40. The molecule has 1 aliphatic heterocycles. The van der Waals surface area contributed by atoms with Crippen molar-refractivity contribution in [1.29, 1.82) is 10.8 Å². The van der Waals surface area contributed by atoms with Gasteiger partial charge >= 0.3 is 5.97 Å². The van der Waals surface area contributed by atoms with Crippen LogP contribution in [0.3, 0.4) is 0 Å². The summed E-state index contributed by atoms with van der Waals surface area (Å²) >= 11 is 1.53. The number of aryl methyl sites for hydroxylation is 1. The molecule has 2 N–H and O–H groups in total. The Morgan fingerprint density at radius 1 is 1.33 bits per heavy atom. The van der Waals surface area contributed by atoms with Gasteiger partial charge in [-0.1, -0.05) is 0 Å². The van der Waals surface area contributed by atoms with E-state index in [0.717, 1.165) is 26.6 Å². The highest BCUT2D eigenvalue weighted by Gasteiger charge is 2.35. The summed E-state index contributed by atoms with van der Waals surface area (Å²) in [7, 11) is 0. The summed E-state index contributed by atoms with van der Waals surface area (Å²) in [6.45, 7) is 11.1. The molecular formula is C22H27N5O2S. The Labute approximate surface area is 180 Å². The van der Waals surface area contributed by atoms with Crippen LogP contribution in [0.4, 0.5) is 5.00 Å². The normalized spacial score (nSPS) is 16.6. The van der Waals surface area contributed by atoms with E-state index in [2.05, 4.69) is 4.98 Å². The van der Waals surface area contributed by atoms with Crippen molar-refractivity contribution in [1.82, 2.24) is 4.98 Å². The van der Waals surface area contributed by atoms with Crippen LogP contribution in [-0.2, 0) is 9.53 Å². The fraction of sp³-hybridized carbons (Fsp3) is 0.409. The monoisotopic (exact) mass is 425 g/mol. The van der Waals surface area contributed by atoms with E-state index in [1.165, 1.54) is 11.3 Å². The van der Waals surface area contributed by atoms with Crippen molar-refractivity contribution in [2.75, 3.05) is 4.90 Å². The number of esters is 1. The Balaban J connectivity index is 2.18. The minimum Gasteiger partial charge on any atom is -0.460 e. The molecule has 8 heteroatoms. The molecule has 0 aliphatic carbocycles. The second kappa shape index (κ2) is 8.10. The zero-order valence-corrected chi connectivity index (χ0v) is 19.0. The number of nitrogens with one attached hydrogen (secondary N) is 2. The lowest BCUT2D eigenvalue weighted by Crippen LogP contribution is -2.41. The number of aromatic nitrogens is 1. The summed E-state index contributed by atoms with van der Waals surface area (Å²) in [5.41, 5.74) is 2.81. The third kappa shape index (κ3) is 4.33. The average Bonchev–Trinajstić information content (AvgIpc) is 2.85. The van der Waals surface area contributed by atoms with E-state index in [9.17, 15) is 4.79 Å². The molecule has 2 aromatic rings. The smallest absolute Gasteiger partial charge is 0.308 e. The van der Waals surface area contributed by atoms with Gasteiger partial charge in [-0.05, 0) is 59.2 Å². The molecule has 3 heterocycles. The van der Waals surface area contributed by atoms with Gasteiger partial charge in [0, 0.05) is 28.4 Å². The zero-order chi connectivity index (χ0) is 22.2. The molecule has 0 spiro atoms. The van der Waals surface area contributed by atoms with Gasteiger partial charge in [-0.25, -0.2) is 0 Å². The molecule has 0 fully saturated rings. The van der Waals surface area contributed by atoms with Crippen LogP contribution in [0.15, 0.2) is 29.5 Å². The van der Waals surface area contributed by atoms with Crippen molar-refractivity contribution in [3.63, 3.8) is 0 Å². The van der Waals surface area contributed by atoms with E-state index in [4.69, 9.17) is 20.5 Å². The second-order valence-corrected chi connectivity index (χ2v) is 9.50. The molecule has 158 valence electrons. The quantitative estimate of drug-likeness (QED) is 0.429. The van der Waals surface area contributed by atoms with Gasteiger partial charge in [-0.3, -0.25) is 30.5 Å². The van der Waals surface area contributed by atoms with Gasteiger partial charge < -0.3 is 4.74 Å². The van der Waals surface area contributed by atoms with Crippen molar-refractivity contribution in [3.8, 4) is 0 Å². The Morgan fingerprint density at radius 2 is 2.03 bits per heavy atom. The van der Waals surface area contributed by atoms with Crippen molar-refractivity contribution < 1.29 is 9.53 Å². The van der Waals surface area contributed by atoms with Crippen LogP contribution >= 0.6 is 11.3 Å². The van der Waals surface area contributed by atoms with E-state index in [1.54, 1.807) is 24.2 Å². The summed E-state index contributed by atoms with van der Waals surface area (Å²) in [4.78, 5) is 24.3. The number of rotatable bonds is 3. The molecule has 1 aliphatic rings. The van der Waals surface area contributed by atoms with Crippen LogP contribution < -0.4 is 4.90 Å². The number of hydrogen-bond donors (Lipinski definition) is 2. The van der Waals surface area contributed by atoms with E-state index in [-0.39, 0.29) is 18.1 Å². The number of amidine groups is 2. The van der Waals surface area contributed by atoms with Crippen LogP contribution in [0.25, 0.3) is 0 Å². The SMILES string of the molecule is CC(=N)N1C(=N)[C@H](CC(=O)OC(C)(C)C)N=C(c2cccnc2)c2c1sc(C)c2C. The maximum absolute atomic E-state index is 12.6. The summed E-state index contributed by atoms with van der Waals surface area (Å²) in [6.07, 6.45) is 3.36. The molecule has 3 rings (SSSR count). The fourth-order valence-corrected chi connectivity index (χ4v) is 4.55. The summed E-state index contributed by atoms with van der Waals surface area (Å²) < 4.78 is 5.48. The van der Waals surface area contributed by atoms with Crippen LogP contribution in [0.1, 0.15) is 55.7 Å². The number of nitrogens with zero attached hydrogens (tertiary/aromatic N) is 3. The molecule has 0 saturated heterocycles. The largest absolute Gasteiger partial charge is 0.460 e. The first kappa shape index (κ1) is 21.8. The number of pyridine rings is 1. The number of carbonyl (C=O) groups is 1. The first-order chi connectivity index (χ1) is 14.0. The second-order valence-electron chi connectivity index (χ2n) is 8.30. The molecule has 30 heavy (non-hydrogen) atoms. The minimum absolute atomic E-state index is 0.0728. The van der Waals surface area contributed by atoms with Crippen molar-refractivity contribution in [2.45, 2.75) is 59.6 Å². The van der Waals surface area contributed by atoms with Gasteiger partial charge in [0.1, 0.15) is 28.3 Å². The molecule has 7 nitrogen and oxygen atoms in total. The number of ether oxygens (including phenoxy) is 1. The third-order valence-electron chi connectivity index (χ3n) is 4.70. The van der Waals surface area contributed by atoms with Crippen LogP contribution in [0.2, 0.25) is 0 Å². The maximum Gasteiger partial charge on any atom is 0.308 e. The molecular weight excluding hydrogens is 398 g/mol. The van der Waals surface area contributed by atoms with Gasteiger partial charge in [0.05, 0.1) is 12.1 Å².